The summed E-state index contributed by atoms with van der Waals surface area (Å²) in [6, 6.07) is 33.8. The number of non-ortho nitro benzene ring substituents is 1. The molecule has 15 nitrogen and oxygen atoms in total. The molecule has 6 aromatic carbocycles. The smallest absolute Gasteiger partial charge is 0.269 e. The van der Waals surface area contributed by atoms with Crippen LogP contribution in [0.25, 0.3) is 0 Å². The molecule has 58 heavy (non-hydrogen) atoms. The molecule has 0 fully saturated rings. The minimum atomic E-state index is -0.750. The van der Waals surface area contributed by atoms with E-state index in [0.717, 1.165) is 21.9 Å². The molecule has 0 spiro atoms. The minimum Gasteiger partial charge on any atom is -0.322 e. The molecule has 282 valence electrons. The number of hydrogen-bond acceptors (Lipinski definition) is 9. The van der Waals surface area contributed by atoms with Crippen LogP contribution in [0.15, 0.2) is 140 Å². The van der Waals surface area contributed by atoms with Crippen molar-refractivity contribution in [2.75, 3.05) is 25.8 Å². The Balaban J connectivity index is 1.07. The van der Waals surface area contributed by atoms with Crippen molar-refractivity contribution in [2.24, 2.45) is 0 Å². The van der Waals surface area contributed by atoms with Crippen molar-refractivity contribution in [3.8, 4) is 0 Å². The van der Waals surface area contributed by atoms with Crippen LogP contribution in [0.2, 0.25) is 0 Å². The lowest BCUT2D eigenvalue weighted by Gasteiger charge is -2.13. The van der Waals surface area contributed by atoms with Crippen molar-refractivity contribution in [2.45, 2.75) is 0 Å². The first kappa shape index (κ1) is 36.4. The summed E-state index contributed by atoms with van der Waals surface area (Å²) in [7, 11) is 0. The van der Waals surface area contributed by atoms with E-state index < -0.39 is 46.3 Å². The van der Waals surface area contributed by atoms with Gasteiger partial charge in [-0.1, -0.05) is 36.4 Å². The summed E-state index contributed by atoms with van der Waals surface area (Å²) in [4.78, 5) is 106. The molecule has 2 aliphatic heterocycles. The van der Waals surface area contributed by atoms with Crippen LogP contribution in [0, 0.1) is 10.1 Å². The highest BCUT2D eigenvalue weighted by Crippen LogP contribution is 2.32. The third kappa shape index (κ3) is 6.70. The van der Waals surface area contributed by atoms with Crippen LogP contribution in [-0.2, 0) is 0 Å². The Morgan fingerprint density at radius 2 is 0.828 bits per heavy atom. The number of amides is 7. The maximum absolute atomic E-state index is 13.8. The zero-order valence-corrected chi connectivity index (χ0v) is 29.8. The van der Waals surface area contributed by atoms with Gasteiger partial charge in [-0.2, -0.15) is 0 Å². The minimum absolute atomic E-state index is 0.00242. The van der Waals surface area contributed by atoms with Crippen LogP contribution in [-0.4, -0.2) is 46.3 Å². The second kappa shape index (κ2) is 14.6. The Labute approximate surface area is 327 Å². The molecule has 2 heterocycles. The fourth-order valence-corrected chi connectivity index (χ4v) is 6.57. The highest BCUT2D eigenvalue weighted by Gasteiger charge is 2.38. The molecule has 0 unspecified atom stereocenters. The van der Waals surface area contributed by atoms with Crippen LogP contribution < -0.4 is 25.8 Å². The lowest BCUT2D eigenvalue weighted by Crippen LogP contribution is -2.29. The SMILES string of the molecule is O=C(Nc1cc(C(=O)Nc2ccc3c(c2)C(=O)N(c2ccccc2)C3=O)cc(C(=O)Nc2ccc3c(c2)C(=O)N(c2ccccc2)C3=O)c1)c1ccc([N+](=O)[O-])cc1. The Morgan fingerprint density at radius 1 is 0.431 bits per heavy atom. The number of carbonyl (C=O) groups is 7. The number of nitro groups is 1. The van der Waals surface area contributed by atoms with E-state index >= 15 is 0 Å². The number of rotatable bonds is 9. The van der Waals surface area contributed by atoms with Gasteiger partial charge in [0, 0.05) is 45.9 Å². The second-order valence-electron chi connectivity index (χ2n) is 13.0. The first-order chi connectivity index (χ1) is 28.0. The zero-order chi connectivity index (χ0) is 40.7. The predicted molar refractivity (Wildman–Crippen MR) is 211 cm³/mol. The van der Waals surface area contributed by atoms with Gasteiger partial charge in [0.25, 0.3) is 47.0 Å². The molecule has 15 heteroatoms. The molecule has 8 rings (SSSR count). The average molecular weight is 771 g/mol. The lowest BCUT2D eigenvalue weighted by molar-refractivity contribution is -0.384. The predicted octanol–water partition coefficient (Wildman–Crippen LogP) is 6.95. The van der Waals surface area contributed by atoms with Crippen molar-refractivity contribution in [3.63, 3.8) is 0 Å². The number of carbonyl (C=O) groups excluding carboxylic acids is 7. The van der Waals surface area contributed by atoms with E-state index in [2.05, 4.69) is 16.0 Å². The van der Waals surface area contributed by atoms with Gasteiger partial charge in [0.2, 0.25) is 0 Å². The molecule has 0 atom stereocenters. The number of fused-ring (bicyclic) bond motifs is 2. The fourth-order valence-electron chi connectivity index (χ4n) is 6.57. The van der Waals surface area contributed by atoms with Gasteiger partial charge in [0.15, 0.2) is 0 Å². The topological polar surface area (TPSA) is 205 Å². The molecule has 0 radical (unpaired) electrons. The molecule has 0 saturated heterocycles. The molecule has 6 aromatic rings. The van der Waals surface area contributed by atoms with E-state index in [1.165, 1.54) is 66.7 Å². The number of benzene rings is 6. The van der Waals surface area contributed by atoms with Crippen LogP contribution in [0.3, 0.4) is 0 Å². The molecule has 0 bridgehead atoms. The number of nitrogens with one attached hydrogen (secondary N) is 3. The Kier molecular flexibility index (Phi) is 9.14. The summed E-state index contributed by atoms with van der Waals surface area (Å²) >= 11 is 0. The Bertz CT molecular complexity index is 2620. The van der Waals surface area contributed by atoms with Crippen LogP contribution >= 0.6 is 0 Å². The van der Waals surface area contributed by atoms with E-state index in [4.69, 9.17) is 0 Å². The zero-order valence-electron chi connectivity index (χ0n) is 29.8. The molecule has 0 aromatic heterocycles. The van der Waals surface area contributed by atoms with E-state index in [1.54, 1.807) is 60.7 Å². The van der Waals surface area contributed by atoms with Crippen molar-refractivity contribution in [1.82, 2.24) is 0 Å². The number of anilines is 5. The molecule has 7 amide bonds. The summed E-state index contributed by atoms with van der Waals surface area (Å²) in [5.41, 5.74) is 1.12. The number of hydrogen-bond donors (Lipinski definition) is 3. The van der Waals surface area contributed by atoms with Crippen molar-refractivity contribution >= 4 is 75.5 Å². The highest BCUT2D eigenvalue weighted by molar-refractivity contribution is 6.35. The van der Waals surface area contributed by atoms with Crippen molar-refractivity contribution in [3.05, 3.63) is 189 Å². The van der Waals surface area contributed by atoms with E-state index in [9.17, 15) is 43.7 Å². The van der Waals surface area contributed by atoms with Crippen LogP contribution in [0.5, 0.6) is 0 Å². The number of imide groups is 2. The third-order valence-corrected chi connectivity index (χ3v) is 9.37. The summed E-state index contributed by atoms with van der Waals surface area (Å²) in [5.74, 6) is -4.41. The average Bonchev–Trinajstić information content (AvgIpc) is 3.63. The van der Waals surface area contributed by atoms with E-state index in [-0.39, 0.29) is 61.7 Å². The molecular weight excluding hydrogens is 745 g/mol. The number of nitro benzene ring substituents is 1. The standard InChI is InChI=1S/C43H26N6O9/c50-37(24-11-15-32(16-12-24)49(57)58)46-29-20-25(38(51)44-27-13-17-33-35(22-27)42(55)47(40(33)53)30-7-3-1-4-8-30)19-26(21-29)39(52)45-28-14-18-34-36(23-28)43(56)48(41(34)54)31-9-5-2-6-10-31/h1-23H,(H,44,51)(H,45,52)(H,46,50). The van der Waals surface area contributed by atoms with Gasteiger partial charge in [-0.25, -0.2) is 9.80 Å². The van der Waals surface area contributed by atoms with Gasteiger partial charge < -0.3 is 16.0 Å². The largest absolute Gasteiger partial charge is 0.322 e. The maximum atomic E-state index is 13.8. The molecule has 2 aliphatic rings. The van der Waals surface area contributed by atoms with E-state index in [0.29, 0.717) is 11.4 Å². The van der Waals surface area contributed by atoms with Crippen LogP contribution in [0.1, 0.15) is 72.5 Å². The van der Waals surface area contributed by atoms with Gasteiger partial charge in [-0.3, -0.25) is 43.7 Å². The van der Waals surface area contributed by atoms with Gasteiger partial charge in [-0.05, 0) is 91.0 Å². The molecular formula is C43H26N6O9. The molecule has 0 aliphatic carbocycles. The normalized spacial score (nSPS) is 12.9. The van der Waals surface area contributed by atoms with Crippen molar-refractivity contribution < 1.29 is 38.5 Å². The van der Waals surface area contributed by atoms with Gasteiger partial charge in [-0.15, -0.1) is 0 Å². The monoisotopic (exact) mass is 770 g/mol. The number of nitrogens with zero attached hydrogens (tertiary/aromatic N) is 3. The molecule has 3 N–H and O–H groups in total. The van der Waals surface area contributed by atoms with Gasteiger partial charge >= 0.3 is 0 Å². The third-order valence-electron chi connectivity index (χ3n) is 9.37. The molecule has 0 saturated carbocycles. The van der Waals surface area contributed by atoms with Gasteiger partial charge in [0.1, 0.15) is 0 Å². The highest BCUT2D eigenvalue weighted by atomic mass is 16.6. The summed E-state index contributed by atoms with van der Waals surface area (Å²) in [6.07, 6.45) is 0. The van der Waals surface area contributed by atoms with E-state index in [1.807, 2.05) is 0 Å². The maximum Gasteiger partial charge on any atom is 0.269 e. The second-order valence-corrected chi connectivity index (χ2v) is 13.0. The summed E-state index contributed by atoms with van der Waals surface area (Å²) < 4.78 is 0. The van der Waals surface area contributed by atoms with Crippen molar-refractivity contribution in [1.29, 1.82) is 0 Å². The Hall–Kier alpha value is -8.59. The fraction of sp³-hybridized carbons (Fsp3) is 0. The van der Waals surface area contributed by atoms with Gasteiger partial charge in [0.05, 0.1) is 38.6 Å². The number of para-hydroxylation sites is 2. The summed E-state index contributed by atoms with van der Waals surface area (Å²) in [5, 5.41) is 19.1. The first-order valence-corrected chi connectivity index (χ1v) is 17.5. The quantitative estimate of drug-likeness (QED) is 0.0789. The summed E-state index contributed by atoms with van der Waals surface area (Å²) in [6.45, 7) is 0. The van der Waals surface area contributed by atoms with Crippen LogP contribution in [0.4, 0.5) is 34.1 Å². The first-order valence-electron chi connectivity index (χ1n) is 17.5. The lowest BCUT2D eigenvalue weighted by atomic mass is 10.1. The Morgan fingerprint density at radius 3 is 1.26 bits per heavy atom.